The highest BCUT2D eigenvalue weighted by molar-refractivity contribution is 5.92. The van der Waals surface area contributed by atoms with E-state index in [1.807, 2.05) is 6.92 Å². The first kappa shape index (κ1) is 13.6. The molecule has 1 aromatic carbocycles. The van der Waals surface area contributed by atoms with E-state index in [2.05, 4.69) is 0 Å². The Morgan fingerprint density at radius 1 is 1.41 bits per heavy atom. The van der Waals surface area contributed by atoms with Gasteiger partial charge in [0.05, 0.1) is 0 Å². The lowest BCUT2D eigenvalue weighted by Gasteiger charge is -2.18. The van der Waals surface area contributed by atoms with Gasteiger partial charge in [-0.25, -0.2) is 4.39 Å². The van der Waals surface area contributed by atoms with Crippen LogP contribution in [0.3, 0.4) is 0 Å². The second-order valence-electron chi connectivity index (χ2n) is 4.31. The Balaban J connectivity index is 2.54. The fourth-order valence-corrected chi connectivity index (χ4v) is 1.46. The summed E-state index contributed by atoms with van der Waals surface area (Å²) in [7, 11) is 1.70. The monoisotopic (exact) mass is 238 g/mol. The molecule has 94 valence electrons. The first-order chi connectivity index (χ1) is 8.04. The first-order valence-corrected chi connectivity index (χ1v) is 5.76. The molecule has 1 atom stereocenters. The summed E-state index contributed by atoms with van der Waals surface area (Å²) in [5, 5.41) is 0. The highest BCUT2D eigenvalue weighted by Gasteiger charge is 2.12. The summed E-state index contributed by atoms with van der Waals surface area (Å²) in [6.07, 6.45) is 1.24. The first-order valence-electron chi connectivity index (χ1n) is 5.76. The number of anilines is 1. The lowest BCUT2D eigenvalue weighted by Crippen LogP contribution is -2.26. The maximum Gasteiger partial charge on any atom is 0.226 e. The summed E-state index contributed by atoms with van der Waals surface area (Å²) in [4.78, 5) is 13.4. The van der Waals surface area contributed by atoms with E-state index in [-0.39, 0.29) is 11.7 Å². The number of hydrogen-bond acceptors (Lipinski definition) is 2. The molecule has 0 aliphatic heterocycles. The van der Waals surface area contributed by atoms with Crippen molar-refractivity contribution in [3.63, 3.8) is 0 Å². The van der Waals surface area contributed by atoms with E-state index < -0.39 is 0 Å². The molecule has 1 rings (SSSR count). The molecule has 17 heavy (non-hydrogen) atoms. The lowest BCUT2D eigenvalue weighted by molar-refractivity contribution is -0.118. The van der Waals surface area contributed by atoms with Crippen molar-refractivity contribution >= 4 is 11.6 Å². The Kier molecular flexibility index (Phi) is 5.10. The van der Waals surface area contributed by atoms with Gasteiger partial charge in [0.15, 0.2) is 0 Å². The van der Waals surface area contributed by atoms with Gasteiger partial charge in [-0.15, -0.1) is 0 Å². The summed E-state index contributed by atoms with van der Waals surface area (Å²) >= 11 is 0. The van der Waals surface area contributed by atoms with Gasteiger partial charge in [0, 0.05) is 19.2 Å². The van der Waals surface area contributed by atoms with E-state index in [0.29, 0.717) is 24.6 Å². The molecule has 0 aliphatic carbocycles. The van der Waals surface area contributed by atoms with Crippen LogP contribution in [0.15, 0.2) is 24.3 Å². The van der Waals surface area contributed by atoms with Gasteiger partial charge in [0.25, 0.3) is 0 Å². The third-order valence-corrected chi connectivity index (χ3v) is 2.84. The van der Waals surface area contributed by atoms with Gasteiger partial charge in [0.2, 0.25) is 5.91 Å². The van der Waals surface area contributed by atoms with Crippen molar-refractivity contribution in [1.29, 1.82) is 0 Å². The van der Waals surface area contributed by atoms with Crippen LogP contribution in [0, 0.1) is 11.7 Å². The number of nitrogens with two attached hydrogens (primary N) is 1. The number of carbonyl (C=O) groups is 1. The average molecular weight is 238 g/mol. The molecule has 0 bridgehead atoms. The van der Waals surface area contributed by atoms with Crippen LogP contribution in [0.5, 0.6) is 0 Å². The molecule has 0 saturated carbocycles. The van der Waals surface area contributed by atoms with Crippen molar-refractivity contribution in [3.8, 4) is 0 Å². The second kappa shape index (κ2) is 6.35. The van der Waals surface area contributed by atoms with Crippen LogP contribution in [-0.4, -0.2) is 19.5 Å². The summed E-state index contributed by atoms with van der Waals surface area (Å²) in [5.74, 6) is 0.0730. The number of nitrogens with zero attached hydrogens (tertiary/aromatic N) is 1. The molecule has 4 heteroatoms. The molecule has 2 N–H and O–H groups in total. The highest BCUT2D eigenvalue weighted by atomic mass is 19.1. The number of amides is 1. The zero-order valence-corrected chi connectivity index (χ0v) is 10.3. The molecule has 1 unspecified atom stereocenters. The molecule has 1 aromatic rings. The van der Waals surface area contributed by atoms with Crippen molar-refractivity contribution < 1.29 is 9.18 Å². The van der Waals surface area contributed by atoms with Gasteiger partial charge in [-0.1, -0.05) is 6.92 Å². The molecular formula is C13H19FN2O. The fourth-order valence-electron chi connectivity index (χ4n) is 1.46. The van der Waals surface area contributed by atoms with Crippen LogP contribution >= 0.6 is 0 Å². The zero-order chi connectivity index (χ0) is 12.8. The lowest BCUT2D eigenvalue weighted by atomic mass is 10.1. The van der Waals surface area contributed by atoms with E-state index in [1.54, 1.807) is 24.1 Å². The summed E-state index contributed by atoms with van der Waals surface area (Å²) in [6.45, 7) is 2.61. The normalized spacial score (nSPS) is 12.2. The second-order valence-corrected chi connectivity index (χ2v) is 4.31. The van der Waals surface area contributed by atoms with E-state index >= 15 is 0 Å². The minimum Gasteiger partial charge on any atom is -0.330 e. The number of halogens is 1. The summed E-state index contributed by atoms with van der Waals surface area (Å²) in [5.41, 5.74) is 6.20. The molecule has 0 saturated heterocycles. The van der Waals surface area contributed by atoms with Crippen molar-refractivity contribution in [2.45, 2.75) is 19.8 Å². The Morgan fingerprint density at radius 2 is 2.00 bits per heavy atom. The van der Waals surface area contributed by atoms with Crippen LogP contribution in [-0.2, 0) is 4.79 Å². The number of benzene rings is 1. The standard InChI is InChI=1S/C13H19FN2O/c1-10(9-15)3-8-13(17)16(2)12-6-4-11(14)5-7-12/h4-7,10H,3,8-9,15H2,1-2H3. The molecule has 0 aromatic heterocycles. The largest absolute Gasteiger partial charge is 0.330 e. The highest BCUT2D eigenvalue weighted by Crippen LogP contribution is 2.15. The molecule has 1 amide bonds. The number of rotatable bonds is 5. The van der Waals surface area contributed by atoms with Crippen molar-refractivity contribution in [3.05, 3.63) is 30.1 Å². The Hall–Kier alpha value is -1.42. The van der Waals surface area contributed by atoms with Gasteiger partial charge in [0.1, 0.15) is 5.82 Å². The van der Waals surface area contributed by atoms with Gasteiger partial charge in [-0.3, -0.25) is 4.79 Å². The number of hydrogen-bond donors (Lipinski definition) is 1. The van der Waals surface area contributed by atoms with E-state index in [1.165, 1.54) is 12.1 Å². The maximum absolute atomic E-state index is 12.7. The topological polar surface area (TPSA) is 46.3 Å². The van der Waals surface area contributed by atoms with Gasteiger partial charge >= 0.3 is 0 Å². The van der Waals surface area contributed by atoms with E-state index in [4.69, 9.17) is 5.73 Å². The van der Waals surface area contributed by atoms with E-state index in [9.17, 15) is 9.18 Å². The molecule has 0 aliphatic rings. The average Bonchev–Trinajstić information content (AvgIpc) is 2.35. The molecule has 3 nitrogen and oxygen atoms in total. The third kappa shape index (κ3) is 4.15. The van der Waals surface area contributed by atoms with Gasteiger partial charge in [-0.05, 0) is 43.1 Å². The Bertz CT molecular complexity index is 364. The quantitative estimate of drug-likeness (QED) is 0.854. The van der Waals surface area contributed by atoms with Gasteiger partial charge in [-0.2, -0.15) is 0 Å². The Morgan fingerprint density at radius 3 is 2.53 bits per heavy atom. The van der Waals surface area contributed by atoms with E-state index in [0.717, 1.165) is 6.42 Å². The summed E-state index contributed by atoms with van der Waals surface area (Å²) < 4.78 is 12.7. The smallest absolute Gasteiger partial charge is 0.226 e. The molecule has 0 spiro atoms. The van der Waals surface area contributed by atoms with Crippen LogP contribution in [0.2, 0.25) is 0 Å². The van der Waals surface area contributed by atoms with Crippen molar-refractivity contribution in [2.24, 2.45) is 11.7 Å². The fraction of sp³-hybridized carbons (Fsp3) is 0.462. The number of carbonyl (C=O) groups excluding carboxylic acids is 1. The molecule has 0 fully saturated rings. The summed E-state index contributed by atoms with van der Waals surface area (Å²) in [6, 6.07) is 5.89. The van der Waals surface area contributed by atoms with Gasteiger partial charge < -0.3 is 10.6 Å². The zero-order valence-electron chi connectivity index (χ0n) is 10.3. The SMILES string of the molecule is CC(CN)CCC(=O)N(C)c1ccc(F)cc1. The minimum absolute atomic E-state index is 0.0249. The van der Waals surface area contributed by atoms with Crippen LogP contribution < -0.4 is 10.6 Å². The van der Waals surface area contributed by atoms with Crippen LogP contribution in [0.25, 0.3) is 0 Å². The molecule has 0 radical (unpaired) electrons. The minimum atomic E-state index is -0.300. The third-order valence-electron chi connectivity index (χ3n) is 2.84. The van der Waals surface area contributed by atoms with Crippen LogP contribution in [0.4, 0.5) is 10.1 Å². The van der Waals surface area contributed by atoms with Crippen LogP contribution in [0.1, 0.15) is 19.8 Å². The molecule has 0 heterocycles. The maximum atomic E-state index is 12.7. The van der Waals surface area contributed by atoms with Crippen molar-refractivity contribution in [1.82, 2.24) is 0 Å². The predicted octanol–water partition coefficient (Wildman–Crippen LogP) is 2.16. The Labute approximate surface area is 101 Å². The molecular weight excluding hydrogens is 219 g/mol. The van der Waals surface area contributed by atoms with Crippen molar-refractivity contribution in [2.75, 3.05) is 18.5 Å². The predicted molar refractivity (Wildman–Crippen MR) is 67.3 cm³/mol.